The summed E-state index contributed by atoms with van der Waals surface area (Å²) >= 11 is 5.18. The predicted octanol–water partition coefficient (Wildman–Crippen LogP) is 6.95. The predicted molar refractivity (Wildman–Crippen MR) is 119 cm³/mol. The van der Waals surface area contributed by atoms with Gasteiger partial charge in [-0.1, -0.05) is 39.8 Å². The van der Waals surface area contributed by atoms with E-state index >= 15 is 0 Å². The van der Waals surface area contributed by atoms with E-state index in [0.29, 0.717) is 12.2 Å². The van der Waals surface area contributed by atoms with Crippen molar-refractivity contribution in [2.24, 2.45) is 0 Å². The molecule has 0 saturated carbocycles. The maximum atomic E-state index is 12.7. The summed E-state index contributed by atoms with van der Waals surface area (Å²) in [5, 5.41) is 3.42. The molecule has 0 unspecified atom stereocenters. The average Bonchev–Trinajstić information content (AvgIpc) is 2.71. The van der Waals surface area contributed by atoms with Crippen molar-refractivity contribution < 1.29 is 9.53 Å². The Balaban J connectivity index is 1.57. The number of fused-ring (bicyclic) bond motifs is 2. The van der Waals surface area contributed by atoms with Crippen LogP contribution in [0.3, 0.4) is 0 Å². The van der Waals surface area contributed by atoms with Crippen molar-refractivity contribution in [3.8, 4) is 5.75 Å². The number of benzene rings is 3. The van der Waals surface area contributed by atoms with Gasteiger partial charge in [-0.15, -0.1) is 0 Å². The molecule has 28 heavy (non-hydrogen) atoms. The number of ketones is 1. The third-order valence-corrected chi connectivity index (χ3v) is 5.97. The minimum Gasteiger partial charge on any atom is -0.493 e. The van der Waals surface area contributed by atoms with Crippen molar-refractivity contribution in [3.05, 3.63) is 82.3 Å². The molecule has 0 radical (unpaired) electrons. The largest absolute Gasteiger partial charge is 0.493 e. The van der Waals surface area contributed by atoms with Gasteiger partial charge in [0.05, 0.1) is 18.0 Å². The summed E-state index contributed by atoms with van der Waals surface area (Å²) in [6.07, 6.45) is 3.39. The summed E-state index contributed by atoms with van der Waals surface area (Å²) < 4.78 is 6.58. The van der Waals surface area contributed by atoms with Crippen molar-refractivity contribution in [2.45, 2.75) is 16.7 Å². The second-order valence-corrected chi connectivity index (χ2v) is 8.25. The highest BCUT2D eigenvalue weighted by Gasteiger charge is 2.16. The van der Waals surface area contributed by atoms with Gasteiger partial charge in [0.25, 0.3) is 0 Å². The van der Waals surface area contributed by atoms with Crippen molar-refractivity contribution in [2.75, 3.05) is 11.9 Å². The van der Waals surface area contributed by atoms with Gasteiger partial charge in [0, 0.05) is 25.4 Å². The van der Waals surface area contributed by atoms with Crippen LogP contribution in [0, 0.1) is 0 Å². The maximum Gasteiger partial charge on any atom is 0.185 e. The third kappa shape index (κ3) is 4.01. The minimum atomic E-state index is -0.0455. The van der Waals surface area contributed by atoms with E-state index in [1.807, 2.05) is 61.5 Å². The van der Waals surface area contributed by atoms with Crippen LogP contribution >= 0.6 is 27.7 Å². The fraction of sp³-hybridized carbons (Fsp3) is 0.0870. The van der Waals surface area contributed by atoms with Crippen molar-refractivity contribution in [1.29, 1.82) is 0 Å². The van der Waals surface area contributed by atoms with Gasteiger partial charge in [0.15, 0.2) is 5.78 Å². The molecule has 3 nitrogen and oxygen atoms in total. The Kier molecular flexibility index (Phi) is 5.55. The van der Waals surface area contributed by atoms with Gasteiger partial charge in [0.1, 0.15) is 5.75 Å². The summed E-state index contributed by atoms with van der Waals surface area (Å²) in [7, 11) is 0. The van der Waals surface area contributed by atoms with Gasteiger partial charge >= 0.3 is 0 Å². The number of hydrogen-bond acceptors (Lipinski definition) is 4. The van der Waals surface area contributed by atoms with Crippen LogP contribution in [0.5, 0.6) is 5.75 Å². The highest BCUT2D eigenvalue weighted by molar-refractivity contribution is 9.10. The van der Waals surface area contributed by atoms with Crippen LogP contribution in [-0.4, -0.2) is 12.4 Å². The second kappa shape index (κ2) is 8.25. The summed E-state index contributed by atoms with van der Waals surface area (Å²) in [6, 6.07) is 19.7. The van der Waals surface area contributed by atoms with E-state index in [4.69, 9.17) is 4.74 Å². The molecule has 3 aromatic carbocycles. The number of hydrogen-bond donors (Lipinski definition) is 1. The highest BCUT2D eigenvalue weighted by Crippen LogP contribution is 2.44. The number of para-hydroxylation sites is 1. The fourth-order valence-electron chi connectivity index (χ4n) is 2.99. The average molecular weight is 452 g/mol. The first-order valence-corrected chi connectivity index (χ1v) is 10.6. The van der Waals surface area contributed by atoms with Crippen molar-refractivity contribution in [3.63, 3.8) is 0 Å². The number of ether oxygens (including phenoxy) is 1. The van der Waals surface area contributed by atoms with E-state index in [-0.39, 0.29) is 5.78 Å². The molecule has 5 heteroatoms. The molecule has 0 atom stereocenters. The Morgan fingerprint density at radius 1 is 1.07 bits per heavy atom. The number of carbonyl (C=O) groups excluding carboxylic acids is 1. The Bertz CT molecular complexity index is 1080. The quantitative estimate of drug-likeness (QED) is 0.263. The lowest BCUT2D eigenvalue weighted by Gasteiger charge is -2.20. The van der Waals surface area contributed by atoms with Crippen LogP contribution in [0.2, 0.25) is 0 Å². The summed E-state index contributed by atoms with van der Waals surface area (Å²) in [4.78, 5) is 15.0. The molecule has 1 heterocycles. The highest BCUT2D eigenvalue weighted by atomic mass is 79.9. The number of anilines is 2. The first-order chi connectivity index (χ1) is 13.6. The standard InChI is InChI=1S/C23H18BrNO2S/c1-2-27-21-11-9-17(24)13-16(21)7-10-20(26)15-8-12-23-19(14-15)25-18-5-3-4-6-22(18)28-23/h3-14,25H,2H2,1H3/b10-7+. The van der Waals surface area contributed by atoms with E-state index in [1.165, 1.54) is 4.90 Å². The molecule has 0 spiro atoms. The number of halogens is 1. The number of rotatable bonds is 5. The van der Waals surface area contributed by atoms with E-state index in [9.17, 15) is 4.79 Å². The Morgan fingerprint density at radius 3 is 2.75 bits per heavy atom. The van der Waals surface area contributed by atoms with E-state index in [1.54, 1.807) is 23.9 Å². The molecule has 0 bridgehead atoms. The van der Waals surface area contributed by atoms with Gasteiger partial charge in [0.2, 0.25) is 0 Å². The Morgan fingerprint density at radius 2 is 1.89 bits per heavy atom. The van der Waals surface area contributed by atoms with Crippen LogP contribution in [-0.2, 0) is 0 Å². The molecule has 0 aromatic heterocycles. The second-order valence-electron chi connectivity index (χ2n) is 6.25. The Hall–Kier alpha value is -2.50. The molecule has 1 N–H and O–H groups in total. The molecule has 1 aliphatic rings. The van der Waals surface area contributed by atoms with Gasteiger partial charge in [-0.05, 0) is 67.6 Å². The zero-order chi connectivity index (χ0) is 19.5. The smallest absolute Gasteiger partial charge is 0.185 e. The van der Waals surface area contributed by atoms with E-state index < -0.39 is 0 Å². The molecule has 1 aliphatic heterocycles. The normalized spacial score (nSPS) is 12.2. The number of allylic oxidation sites excluding steroid dienone is 1. The zero-order valence-electron chi connectivity index (χ0n) is 15.2. The lowest BCUT2D eigenvalue weighted by molar-refractivity contribution is 0.104. The third-order valence-electron chi connectivity index (χ3n) is 4.33. The molecular formula is C23H18BrNO2S. The first-order valence-electron chi connectivity index (χ1n) is 8.97. The monoisotopic (exact) mass is 451 g/mol. The molecule has 4 rings (SSSR count). The molecule has 0 amide bonds. The molecule has 140 valence electrons. The maximum absolute atomic E-state index is 12.7. The van der Waals surface area contributed by atoms with Gasteiger partial charge in [-0.25, -0.2) is 0 Å². The van der Waals surface area contributed by atoms with Gasteiger partial charge in [-0.2, -0.15) is 0 Å². The number of nitrogens with one attached hydrogen (secondary N) is 1. The Labute approximate surface area is 176 Å². The van der Waals surface area contributed by atoms with E-state index in [0.717, 1.165) is 32.1 Å². The summed E-state index contributed by atoms with van der Waals surface area (Å²) in [5.74, 6) is 0.714. The zero-order valence-corrected chi connectivity index (χ0v) is 17.6. The topological polar surface area (TPSA) is 38.3 Å². The summed E-state index contributed by atoms with van der Waals surface area (Å²) in [5.41, 5.74) is 3.54. The fourth-order valence-corrected chi connectivity index (χ4v) is 4.34. The lowest BCUT2D eigenvalue weighted by atomic mass is 10.1. The molecule has 0 fully saturated rings. The molecule has 0 aliphatic carbocycles. The summed E-state index contributed by atoms with van der Waals surface area (Å²) in [6.45, 7) is 2.52. The minimum absolute atomic E-state index is 0.0455. The molecule has 0 saturated heterocycles. The van der Waals surface area contributed by atoms with Crippen LogP contribution in [0.4, 0.5) is 11.4 Å². The van der Waals surface area contributed by atoms with E-state index in [2.05, 4.69) is 27.3 Å². The van der Waals surface area contributed by atoms with Gasteiger partial charge in [-0.3, -0.25) is 4.79 Å². The van der Waals surface area contributed by atoms with Crippen LogP contribution in [0.1, 0.15) is 22.8 Å². The lowest BCUT2D eigenvalue weighted by Crippen LogP contribution is -2.02. The number of carbonyl (C=O) groups is 1. The SMILES string of the molecule is CCOc1ccc(Br)cc1/C=C/C(=O)c1ccc2c(c1)Nc1ccccc1S2. The van der Waals surface area contributed by atoms with Gasteiger partial charge < -0.3 is 10.1 Å². The molecular weight excluding hydrogens is 434 g/mol. The van der Waals surface area contributed by atoms with Crippen molar-refractivity contribution >= 4 is 50.9 Å². The van der Waals surface area contributed by atoms with Crippen LogP contribution in [0.25, 0.3) is 6.08 Å². The van der Waals surface area contributed by atoms with Crippen LogP contribution in [0.15, 0.2) is 81.0 Å². The molecule has 3 aromatic rings. The first kappa shape index (κ1) is 18.8. The van der Waals surface area contributed by atoms with Crippen molar-refractivity contribution in [1.82, 2.24) is 0 Å². The van der Waals surface area contributed by atoms with Crippen LogP contribution < -0.4 is 10.1 Å².